The molecule has 0 aliphatic carbocycles. The van der Waals surface area contributed by atoms with Gasteiger partial charge in [0.15, 0.2) is 0 Å². The Labute approximate surface area is 144 Å². The van der Waals surface area contributed by atoms with Crippen molar-refractivity contribution in [3.8, 4) is 5.75 Å². The molecule has 0 saturated heterocycles. The topological polar surface area (TPSA) is 64.4 Å². The van der Waals surface area contributed by atoms with Crippen molar-refractivity contribution in [1.29, 1.82) is 0 Å². The minimum atomic E-state index is -0.288. The predicted molar refractivity (Wildman–Crippen MR) is 96.9 cm³/mol. The molecule has 0 heterocycles. The fraction of sp³-hybridized carbons (Fsp3) is 0.350. The minimum absolute atomic E-state index is 0.0528. The third-order valence-electron chi connectivity index (χ3n) is 4.00. The fourth-order valence-electron chi connectivity index (χ4n) is 2.46. The highest BCUT2D eigenvalue weighted by Crippen LogP contribution is 2.18. The van der Waals surface area contributed by atoms with Crippen LogP contribution in [-0.4, -0.2) is 18.6 Å². The van der Waals surface area contributed by atoms with E-state index in [1.807, 2.05) is 68.4 Å². The van der Waals surface area contributed by atoms with Crippen molar-refractivity contribution in [2.75, 3.05) is 6.54 Å². The first-order valence-electron chi connectivity index (χ1n) is 8.39. The van der Waals surface area contributed by atoms with Crippen molar-refractivity contribution < 1.29 is 9.53 Å². The summed E-state index contributed by atoms with van der Waals surface area (Å²) in [6.45, 7) is 4.54. The van der Waals surface area contributed by atoms with Crippen molar-refractivity contribution in [2.24, 2.45) is 5.73 Å². The molecule has 4 nitrogen and oxygen atoms in total. The number of hydrogen-bond acceptors (Lipinski definition) is 3. The second-order valence-electron chi connectivity index (χ2n) is 5.94. The number of nitrogens with two attached hydrogens (primary N) is 1. The van der Waals surface area contributed by atoms with Crippen LogP contribution in [0.3, 0.4) is 0 Å². The average Bonchev–Trinajstić information content (AvgIpc) is 2.60. The highest BCUT2D eigenvalue weighted by atomic mass is 16.5. The summed E-state index contributed by atoms with van der Waals surface area (Å²) in [4.78, 5) is 12.1. The normalized spacial score (nSPS) is 13.1. The lowest BCUT2D eigenvalue weighted by atomic mass is 10.0. The molecule has 0 bridgehead atoms. The average molecular weight is 326 g/mol. The van der Waals surface area contributed by atoms with Crippen molar-refractivity contribution >= 4 is 5.91 Å². The number of nitrogens with one attached hydrogen (secondary N) is 1. The highest BCUT2D eigenvalue weighted by molar-refractivity contribution is 5.76. The van der Waals surface area contributed by atoms with Crippen molar-refractivity contribution in [3.63, 3.8) is 0 Å². The van der Waals surface area contributed by atoms with Crippen LogP contribution in [0.4, 0.5) is 0 Å². The van der Waals surface area contributed by atoms with Crippen LogP contribution >= 0.6 is 0 Å². The molecule has 24 heavy (non-hydrogen) atoms. The molecule has 0 fully saturated rings. The van der Waals surface area contributed by atoms with Crippen molar-refractivity contribution in [3.05, 3.63) is 65.7 Å². The molecule has 2 aromatic rings. The second-order valence-corrected chi connectivity index (χ2v) is 5.94. The Kier molecular flexibility index (Phi) is 6.82. The maximum Gasteiger partial charge on any atom is 0.222 e. The summed E-state index contributed by atoms with van der Waals surface area (Å²) in [7, 11) is 0. The van der Waals surface area contributed by atoms with Gasteiger partial charge in [-0.25, -0.2) is 0 Å². The quantitative estimate of drug-likeness (QED) is 0.782. The van der Waals surface area contributed by atoms with Crippen LogP contribution in [-0.2, 0) is 4.79 Å². The number of rotatable bonds is 8. The summed E-state index contributed by atoms with van der Waals surface area (Å²) in [6.07, 6.45) is 1.03. The summed E-state index contributed by atoms with van der Waals surface area (Å²) in [5.74, 6) is 0.803. The van der Waals surface area contributed by atoms with Gasteiger partial charge in [0.1, 0.15) is 11.9 Å². The molecule has 2 unspecified atom stereocenters. The Balaban J connectivity index is 1.82. The van der Waals surface area contributed by atoms with Gasteiger partial charge in [0.05, 0.1) is 6.54 Å². The summed E-state index contributed by atoms with van der Waals surface area (Å²) in [5, 5.41) is 2.93. The Hall–Kier alpha value is -2.33. The van der Waals surface area contributed by atoms with Gasteiger partial charge in [-0.05, 0) is 30.5 Å². The number of para-hydroxylation sites is 1. The maximum absolute atomic E-state index is 12.1. The SMILES string of the molecule is CCC(CNC(=O)CC(N)c1ccccc1)Oc1ccccc1C. The summed E-state index contributed by atoms with van der Waals surface area (Å²) >= 11 is 0. The van der Waals surface area contributed by atoms with Crippen LogP contribution in [0.5, 0.6) is 5.75 Å². The zero-order chi connectivity index (χ0) is 17.4. The van der Waals surface area contributed by atoms with E-state index in [0.29, 0.717) is 6.54 Å². The van der Waals surface area contributed by atoms with E-state index in [2.05, 4.69) is 5.32 Å². The molecule has 0 aliphatic heterocycles. The lowest BCUT2D eigenvalue weighted by Gasteiger charge is -2.20. The van der Waals surface area contributed by atoms with E-state index in [4.69, 9.17) is 10.5 Å². The number of amides is 1. The summed E-state index contributed by atoms with van der Waals surface area (Å²) < 4.78 is 5.99. The smallest absolute Gasteiger partial charge is 0.222 e. The molecule has 1 amide bonds. The third-order valence-corrected chi connectivity index (χ3v) is 4.00. The molecule has 2 rings (SSSR count). The molecule has 2 atom stereocenters. The molecule has 0 aliphatic rings. The molecule has 0 spiro atoms. The fourth-order valence-corrected chi connectivity index (χ4v) is 2.46. The van der Waals surface area contributed by atoms with Gasteiger partial charge in [0, 0.05) is 12.5 Å². The Morgan fingerprint density at radius 1 is 1.12 bits per heavy atom. The van der Waals surface area contributed by atoms with Gasteiger partial charge in [-0.1, -0.05) is 55.5 Å². The van der Waals surface area contributed by atoms with Gasteiger partial charge in [0.2, 0.25) is 5.91 Å². The molecule has 3 N–H and O–H groups in total. The second kappa shape index (κ2) is 9.08. The van der Waals surface area contributed by atoms with Crippen LogP contribution in [0.2, 0.25) is 0 Å². The molecule has 0 radical (unpaired) electrons. The molecule has 2 aromatic carbocycles. The van der Waals surface area contributed by atoms with E-state index in [1.54, 1.807) is 0 Å². The lowest BCUT2D eigenvalue weighted by Crippen LogP contribution is -2.36. The predicted octanol–water partition coefficient (Wildman–Crippen LogP) is 3.36. The number of aryl methyl sites for hydroxylation is 1. The Bertz CT molecular complexity index is 643. The molecule has 0 saturated carbocycles. The van der Waals surface area contributed by atoms with E-state index in [9.17, 15) is 4.79 Å². The zero-order valence-corrected chi connectivity index (χ0v) is 14.4. The highest BCUT2D eigenvalue weighted by Gasteiger charge is 2.14. The molecular formula is C20H26N2O2. The third kappa shape index (κ3) is 5.39. The zero-order valence-electron chi connectivity index (χ0n) is 14.4. The lowest BCUT2D eigenvalue weighted by molar-refractivity contribution is -0.121. The van der Waals surface area contributed by atoms with E-state index >= 15 is 0 Å². The van der Waals surface area contributed by atoms with Gasteiger partial charge in [0.25, 0.3) is 0 Å². The number of ether oxygens (including phenoxy) is 1. The van der Waals surface area contributed by atoms with Crippen LogP contribution in [0.25, 0.3) is 0 Å². The number of carbonyl (C=O) groups excluding carboxylic acids is 1. The van der Waals surface area contributed by atoms with Gasteiger partial charge < -0.3 is 15.8 Å². The summed E-state index contributed by atoms with van der Waals surface area (Å²) in [6, 6.07) is 17.3. The number of benzene rings is 2. The summed E-state index contributed by atoms with van der Waals surface area (Å²) in [5.41, 5.74) is 8.15. The van der Waals surface area contributed by atoms with Crippen LogP contribution in [0, 0.1) is 6.92 Å². The van der Waals surface area contributed by atoms with Crippen LogP contribution in [0.15, 0.2) is 54.6 Å². The van der Waals surface area contributed by atoms with Crippen molar-refractivity contribution in [2.45, 2.75) is 38.8 Å². The van der Waals surface area contributed by atoms with Crippen LogP contribution < -0.4 is 15.8 Å². The maximum atomic E-state index is 12.1. The number of hydrogen-bond donors (Lipinski definition) is 2. The Morgan fingerprint density at radius 2 is 1.79 bits per heavy atom. The van der Waals surface area contributed by atoms with Crippen LogP contribution in [0.1, 0.15) is 36.9 Å². The Morgan fingerprint density at radius 3 is 2.46 bits per heavy atom. The van der Waals surface area contributed by atoms with E-state index < -0.39 is 0 Å². The van der Waals surface area contributed by atoms with Crippen molar-refractivity contribution in [1.82, 2.24) is 5.32 Å². The first kappa shape index (κ1) is 18.0. The first-order chi connectivity index (χ1) is 11.6. The standard InChI is InChI=1S/C20H26N2O2/c1-3-17(24-19-12-8-7-9-15(19)2)14-22-20(23)13-18(21)16-10-5-4-6-11-16/h4-12,17-18H,3,13-14,21H2,1-2H3,(H,22,23). The van der Waals surface area contributed by atoms with E-state index in [-0.39, 0.29) is 24.5 Å². The van der Waals surface area contributed by atoms with Gasteiger partial charge in [-0.3, -0.25) is 4.79 Å². The monoisotopic (exact) mass is 326 g/mol. The van der Waals surface area contributed by atoms with Gasteiger partial charge >= 0.3 is 0 Å². The van der Waals surface area contributed by atoms with Gasteiger partial charge in [-0.15, -0.1) is 0 Å². The molecular weight excluding hydrogens is 300 g/mol. The number of carbonyl (C=O) groups is 1. The van der Waals surface area contributed by atoms with Gasteiger partial charge in [-0.2, -0.15) is 0 Å². The first-order valence-corrected chi connectivity index (χ1v) is 8.39. The minimum Gasteiger partial charge on any atom is -0.488 e. The molecule has 4 heteroatoms. The largest absolute Gasteiger partial charge is 0.488 e. The molecule has 0 aromatic heterocycles. The van der Waals surface area contributed by atoms with E-state index in [0.717, 1.165) is 23.3 Å². The molecule has 128 valence electrons. The van der Waals surface area contributed by atoms with E-state index in [1.165, 1.54) is 0 Å².